The fourth-order valence-electron chi connectivity index (χ4n) is 2.63. The molecule has 2 heteroatoms. The lowest BCUT2D eigenvalue weighted by Gasteiger charge is -2.26. The number of alkyl halides is 1. The highest BCUT2D eigenvalue weighted by atomic mass is 35.5. The second kappa shape index (κ2) is 6.11. The highest BCUT2D eigenvalue weighted by Gasteiger charge is 2.23. The van der Waals surface area contributed by atoms with Gasteiger partial charge in [-0.05, 0) is 46.7 Å². The molecule has 112 valence electrons. The molecule has 1 atom stereocenters. The van der Waals surface area contributed by atoms with Crippen molar-refractivity contribution in [1.82, 2.24) is 0 Å². The van der Waals surface area contributed by atoms with Crippen LogP contribution in [0.2, 0.25) is 0 Å². The Morgan fingerprint density at radius 1 is 1.00 bits per heavy atom. The second-order valence-corrected chi connectivity index (χ2v) is 6.86. The van der Waals surface area contributed by atoms with E-state index < -0.39 is 0 Å². The number of hydrogen-bond acceptors (Lipinski definition) is 1. The minimum absolute atomic E-state index is 0.0735. The summed E-state index contributed by atoms with van der Waals surface area (Å²) in [5.41, 5.74) is 4.83. The first-order valence-corrected chi connectivity index (χ1v) is 7.66. The molecule has 2 aromatic rings. The number of aryl methyl sites for hydroxylation is 1. The Bertz CT molecular complexity index is 626. The highest BCUT2D eigenvalue weighted by Crippen LogP contribution is 2.38. The van der Waals surface area contributed by atoms with Crippen molar-refractivity contribution in [1.29, 1.82) is 0 Å². The topological polar surface area (TPSA) is 9.23 Å². The Morgan fingerprint density at radius 2 is 1.67 bits per heavy atom. The zero-order valence-corrected chi connectivity index (χ0v) is 14.2. The van der Waals surface area contributed by atoms with Gasteiger partial charge in [0.2, 0.25) is 0 Å². The summed E-state index contributed by atoms with van der Waals surface area (Å²) < 4.78 is 5.27. The smallest absolute Gasteiger partial charge is 0.119 e. The lowest BCUT2D eigenvalue weighted by molar-refractivity contribution is 0.414. The predicted octanol–water partition coefficient (Wildman–Crippen LogP) is 5.63. The minimum atomic E-state index is -0.147. The zero-order chi connectivity index (χ0) is 15.6. The van der Waals surface area contributed by atoms with Crippen LogP contribution < -0.4 is 4.74 Å². The van der Waals surface area contributed by atoms with Crippen LogP contribution in [0, 0.1) is 6.92 Å². The van der Waals surface area contributed by atoms with E-state index in [1.54, 1.807) is 7.11 Å². The largest absolute Gasteiger partial charge is 0.497 e. The van der Waals surface area contributed by atoms with Crippen LogP contribution in [-0.4, -0.2) is 7.11 Å². The van der Waals surface area contributed by atoms with Crippen molar-refractivity contribution in [2.75, 3.05) is 7.11 Å². The number of methoxy groups -OCH3 is 1. The average Bonchev–Trinajstić information content (AvgIpc) is 2.45. The summed E-state index contributed by atoms with van der Waals surface area (Å²) >= 11 is 6.80. The van der Waals surface area contributed by atoms with Crippen molar-refractivity contribution in [2.45, 2.75) is 38.5 Å². The molecule has 0 fully saturated rings. The van der Waals surface area contributed by atoms with E-state index >= 15 is 0 Å². The van der Waals surface area contributed by atoms with E-state index in [4.69, 9.17) is 16.3 Å². The molecule has 0 amide bonds. The number of rotatable bonds is 3. The van der Waals surface area contributed by atoms with E-state index in [1.807, 2.05) is 12.1 Å². The number of benzene rings is 2. The molecular formula is C19H23ClO. The first-order chi connectivity index (χ1) is 9.84. The summed E-state index contributed by atoms with van der Waals surface area (Å²) in [5, 5.41) is -0.147. The van der Waals surface area contributed by atoms with Crippen LogP contribution in [0.5, 0.6) is 5.75 Å². The molecule has 0 radical (unpaired) electrons. The summed E-state index contributed by atoms with van der Waals surface area (Å²) in [6.07, 6.45) is 0. The van der Waals surface area contributed by atoms with E-state index in [0.717, 1.165) is 16.9 Å². The monoisotopic (exact) mass is 302 g/mol. The van der Waals surface area contributed by atoms with Gasteiger partial charge in [0, 0.05) is 0 Å². The summed E-state index contributed by atoms with van der Waals surface area (Å²) in [7, 11) is 1.68. The molecule has 1 nitrogen and oxygen atoms in total. The van der Waals surface area contributed by atoms with Crippen molar-refractivity contribution in [3.05, 3.63) is 64.7 Å². The van der Waals surface area contributed by atoms with E-state index in [1.165, 1.54) is 11.1 Å². The lowest BCUT2D eigenvalue weighted by Crippen LogP contribution is -2.15. The minimum Gasteiger partial charge on any atom is -0.497 e. The molecule has 2 aromatic carbocycles. The molecule has 0 saturated heterocycles. The molecule has 1 unspecified atom stereocenters. The van der Waals surface area contributed by atoms with Crippen LogP contribution in [0.25, 0.3) is 0 Å². The zero-order valence-electron chi connectivity index (χ0n) is 13.4. The van der Waals surface area contributed by atoms with Crippen LogP contribution in [0.3, 0.4) is 0 Å². The van der Waals surface area contributed by atoms with Gasteiger partial charge in [-0.2, -0.15) is 0 Å². The van der Waals surface area contributed by atoms with Gasteiger partial charge in [-0.3, -0.25) is 0 Å². The highest BCUT2D eigenvalue weighted by molar-refractivity contribution is 6.22. The quantitative estimate of drug-likeness (QED) is 0.668. The third-order valence-electron chi connectivity index (χ3n) is 3.79. The Morgan fingerprint density at radius 3 is 2.24 bits per heavy atom. The maximum Gasteiger partial charge on any atom is 0.119 e. The van der Waals surface area contributed by atoms with E-state index in [9.17, 15) is 0 Å². The van der Waals surface area contributed by atoms with E-state index in [2.05, 4.69) is 58.0 Å². The van der Waals surface area contributed by atoms with Gasteiger partial charge < -0.3 is 4.74 Å². The van der Waals surface area contributed by atoms with Gasteiger partial charge in [-0.15, -0.1) is 11.6 Å². The van der Waals surface area contributed by atoms with Gasteiger partial charge in [-0.25, -0.2) is 0 Å². The first-order valence-electron chi connectivity index (χ1n) is 7.22. The fraction of sp³-hybridized carbons (Fsp3) is 0.368. The van der Waals surface area contributed by atoms with Gasteiger partial charge in [0.15, 0.2) is 0 Å². The molecule has 0 aliphatic rings. The standard InChI is InChI=1S/C19H23ClO/c1-13-12-14(21-5)10-11-15(13)18(20)16-8-6-7-9-17(16)19(2,3)4/h6-12,18H,1-5H3. The van der Waals surface area contributed by atoms with Crippen LogP contribution in [-0.2, 0) is 5.41 Å². The summed E-state index contributed by atoms with van der Waals surface area (Å²) in [4.78, 5) is 0. The van der Waals surface area contributed by atoms with Crippen LogP contribution in [0.4, 0.5) is 0 Å². The van der Waals surface area contributed by atoms with Gasteiger partial charge in [0.05, 0.1) is 12.5 Å². The van der Waals surface area contributed by atoms with E-state index in [0.29, 0.717) is 0 Å². The number of ether oxygens (including phenoxy) is 1. The molecule has 0 spiro atoms. The fourth-order valence-corrected chi connectivity index (χ4v) is 3.06. The molecule has 0 heterocycles. The average molecular weight is 303 g/mol. The third-order valence-corrected chi connectivity index (χ3v) is 4.26. The lowest BCUT2D eigenvalue weighted by atomic mass is 9.81. The predicted molar refractivity (Wildman–Crippen MR) is 90.6 cm³/mol. The SMILES string of the molecule is COc1ccc(C(Cl)c2ccccc2C(C)(C)C)c(C)c1. The summed E-state index contributed by atoms with van der Waals surface area (Å²) in [6.45, 7) is 8.73. The van der Waals surface area contributed by atoms with Crippen molar-refractivity contribution in [3.8, 4) is 5.75 Å². The molecule has 0 aliphatic heterocycles. The normalized spacial score (nSPS) is 13.0. The Labute approximate surface area is 132 Å². The molecule has 0 N–H and O–H groups in total. The van der Waals surface area contributed by atoms with Crippen LogP contribution in [0.15, 0.2) is 42.5 Å². The number of hydrogen-bond donors (Lipinski definition) is 0. The summed E-state index contributed by atoms with van der Waals surface area (Å²) in [6, 6.07) is 14.5. The summed E-state index contributed by atoms with van der Waals surface area (Å²) in [5.74, 6) is 0.865. The first kappa shape index (κ1) is 15.9. The maximum absolute atomic E-state index is 6.80. The van der Waals surface area contributed by atoms with Crippen LogP contribution in [0.1, 0.15) is 48.4 Å². The second-order valence-electron chi connectivity index (χ2n) is 6.42. The molecule has 0 bridgehead atoms. The Balaban J connectivity index is 2.48. The Hall–Kier alpha value is -1.47. The molecule has 21 heavy (non-hydrogen) atoms. The molecule has 2 rings (SSSR count). The van der Waals surface area contributed by atoms with Gasteiger partial charge in [0.25, 0.3) is 0 Å². The van der Waals surface area contributed by atoms with Crippen molar-refractivity contribution < 1.29 is 4.74 Å². The third kappa shape index (κ3) is 3.41. The van der Waals surface area contributed by atoms with Crippen molar-refractivity contribution >= 4 is 11.6 Å². The van der Waals surface area contributed by atoms with Crippen molar-refractivity contribution in [3.63, 3.8) is 0 Å². The van der Waals surface area contributed by atoms with Gasteiger partial charge >= 0.3 is 0 Å². The van der Waals surface area contributed by atoms with E-state index in [-0.39, 0.29) is 10.8 Å². The number of halogens is 1. The molecule has 0 aromatic heterocycles. The van der Waals surface area contributed by atoms with Crippen molar-refractivity contribution in [2.24, 2.45) is 0 Å². The molecule has 0 aliphatic carbocycles. The van der Waals surface area contributed by atoms with Crippen LogP contribution >= 0.6 is 11.6 Å². The van der Waals surface area contributed by atoms with Gasteiger partial charge in [-0.1, -0.05) is 51.1 Å². The Kier molecular flexibility index (Phi) is 4.63. The van der Waals surface area contributed by atoms with Gasteiger partial charge in [0.1, 0.15) is 5.75 Å². The maximum atomic E-state index is 6.80. The molecule has 0 saturated carbocycles. The molecular weight excluding hydrogens is 280 g/mol.